The van der Waals surface area contributed by atoms with Crippen LogP contribution in [0.2, 0.25) is 5.15 Å². The third-order valence-electron chi connectivity index (χ3n) is 2.89. The summed E-state index contributed by atoms with van der Waals surface area (Å²) in [5, 5.41) is 13.2. The zero-order valence-corrected chi connectivity index (χ0v) is 12.4. The van der Waals surface area contributed by atoms with Gasteiger partial charge in [-0.25, -0.2) is 18.3 Å². The average Bonchev–Trinajstić information content (AvgIpc) is 2.67. The van der Waals surface area contributed by atoms with E-state index in [4.69, 9.17) is 11.6 Å². The molecule has 1 N–H and O–H groups in total. The zero-order valence-electron chi connectivity index (χ0n) is 11.6. The molecule has 0 atom stereocenters. The normalized spacial score (nSPS) is 11.7. The third-order valence-corrected chi connectivity index (χ3v) is 3.24. The second-order valence-electron chi connectivity index (χ2n) is 5.58. The Morgan fingerprint density at radius 1 is 1.33 bits per heavy atom. The standard InChI is InChI=1S/C14H13ClF2N2O2/c1-14(2,3)11-10(13(20)21)12(15)19(18-11)9-5-4-7(16)6-8(9)17/h4-6H,1-3H3,(H,20,21). The molecule has 1 heterocycles. The fraction of sp³-hybridized carbons (Fsp3) is 0.286. The first kappa shape index (κ1) is 15.4. The van der Waals surface area contributed by atoms with Crippen molar-refractivity contribution in [3.8, 4) is 5.69 Å². The van der Waals surface area contributed by atoms with Gasteiger partial charge >= 0.3 is 5.97 Å². The van der Waals surface area contributed by atoms with Crippen molar-refractivity contribution in [3.63, 3.8) is 0 Å². The monoisotopic (exact) mass is 314 g/mol. The Kier molecular flexibility index (Phi) is 3.76. The Morgan fingerprint density at radius 2 is 1.95 bits per heavy atom. The highest BCUT2D eigenvalue weighted by Gasteiger charge is 2.31. The third kappa shape index (κ3) is 2.76. The van der Waals surface area contributed by atoms with Crippen LogP contribution in [0.15, 0.2) is 18.2 Å². The van der Waals surface area contributed by atoms with Gasteiger partial charge in [0.15, 0.2) is 5.82 Å². The maximum Gasteiger partial charge on any atom is 0.340 e. The molecule has 0 aliphatic carbocycles. The molecule has 2 rings (SSSR count). The van der Waals surface area contributed by atoms with Gasteiger partial charge in [-0.15, -0.1) is 0 Å². The summed E-state index contributed by atoms with van der Waals surface area (Å²) in [6.45, 7) is 5.30. The van der Waals surface area contributed by atoms with Gasteiger partial charge in [0, 0.05) is 11.5 Å². The number of halogens is 3. The molecule has 0 bridgehead atoms. The molecule has 112 valence electrons. The van der Waals surface area contributed by atoms with Gasteiger partial charge in [-0.1, -0.05) is 32.4 Å². The Hall–Kier alpha value is -1.95. The predicted octanol–water partition coefficient (Wildman–Crippen LogP) is 3.80. The Balaban J connectivity index is 2.74. The molecule has 1 aromatic carbocycles. The lowest BCUT2D eigenvalue weighted by Crippen LogP contribution is -2.16. The quantitative estimate of drug-likeness (QED) is 0.917. The summed E-state index contributed by atoms with van der Waals surface area (Å²) in [6.07, 6.45) is 0. The number of carbonyl (C=O) groups is 1. The summed E-state index contributed by atoms with van der Waals surface area (Å²) < 4.78 is 27.8. The second-order valence-corrected chi connectivity index (χ2v) is 5.94. The summed E-state index contributed by atoms with van der Waals surface area (Å²) in [4.78, 5) is 11.4. The SMILES string of the molecule is CC(C)(C)c1nn(-c2ccc(F)cc2F)c(Cl)c1C(=O)O. The highest BCUT2D eigenvalue weighted by molar-refractivity contribution is 6.33. The summed E-state index contributed by atoms with van der Waals surface area (Å²) in [6, 6.07) is 2.89. The second kappa shape index (κ2) is 5.11. The maximum atomic E-state index is 13.8. The van der Waals surface area contributed by atoms with E-state index in [-0.39, 0.29) is 22.1 Å². The minimum absolute atomic E-state index is 0.112. The highest BCUT2D eigenvalue weighted by atomic mass is 35.5. The van der Waals surface area contributed by atoms with E-state index in [0.29, 0.717) is 6.07 Å². The van der Waals surface area contributed by atoms with Crippen LogP contribution < -0.4 is 0 Å². The van der Waals surface area contributed by atoms with E-state index in [1.807, 2.05) is 0 Å². The predicted molar refractivity (Wildman–Crippen MR) is 74.1 cm³/mol. The lowest BCUT2D eigenvalue weighted by Gasteiger charge is -2.15. The molecule has 0 aliphatic heterocycles. The first-order valence-corrected chi connectivity index (χ1v) is 6.48. The molecule has 0 saturated carbocycles. The summed E-state index contributed by atoms with van der Waals surface area (Å²) >= 11 is 6.04. The van der Waals surface area contributed by atoms with Crippen LogP contribution >= 0.6 is 11.6 Å². The molecule has 0 spiro atoms. The molecule has 2 aromatic rings. The van der Waals surface area contributed by atoms with Gasteiger partial charge in [0.1, 0.15) is 22.2 Å². The Bertz CT molecular complexity index is 720. The van der Waals surface area contributed by atoms with E-state index in [0.717, 1.165) is 16.8 Å². The van der Waals surface area contributed by atoms with Gasteiger partial charge in [0.2, 0.25) is 0 Å². The molecule has 0 saturated heterocycles. The fourth-order valence-corrected chi connectivity index (χ4v) is 2.22. The van der Waals surface area contributed by atoms with Crippen LogP contribution in [0.4, 0.5) is 8.78 Å². The number of rotatable bonds is 2. The van der Waals surface area contributed by atoms with Crippen LogP contribution in [0.25, 0.3) is 5.69 Å². The number of carboxylic acid groups (broad SMARTS) is 1. The average molecular weight is 315 g/mol. The maximum absolute atomic E-state index is 13.8. The van der Waals surface area contributed by atoms with E-state index >= 15 is 0 Å². The van der Waals surface area contributed by atoms with Crippen molar-refractivity contribution >= 4 is 17.6 Å². The van der Waals surface area contributed by atoms with Crippen LogP contribution in [-0.2, 0) is 5.41 Å². The molecule has 21 heavy (non-hydrogen) atoms. The van der Waals surface area contributed by atoms with Gasteiger partial charge in [-0.2, -0.15) is 5.10 Å². The number of carboxylic acids is 1. The molecule has 0 aliphatic rings. The zero-order chi connectivity index (χ0) is 15.9. The van der Waals surface area contributed by atoms with Crippen molar-refractivity contribution in [1.82, 2.24) is 9.78 Å². The van der Waals surface area contributed by atoms with Gasteiger partial charge < -0.3 is 5.11 Å². The number of hydrogen-bond donors (Lipinski definition) is 1. The van der Waals surface area contributed by atoms with Crippen LogP contribution in [0.3, 0.4) is 0 Å². The van der Waals surface area contributed by atoms with Crippen molar-refractivity contribution in [2.75, 3.05) is 0 Å². The Morgan fingerprint density at radius 3 is 2.38 bits per heavy atom. The molecule has 1 aromatic heterocycles. The lowest BCUT2D eigenvalue weighted by molar-refractivity contribution is 0.0694. The van der Waals surface area contributed by atoms with Crippen molar-refractivity contribution in [2.24, 2.45) is 0 Å². The number of nitrogens with zero attached hydrogens (tertiary/aromatic N) is 2. The summed E-state index contributed by atoms with van der Waals surface area (Å²) in [7, 11) is 0. The first-order valence-electron chi connectivity index (χ1n) is 6.10. The van der Waals surface area contributed by atoms with E-state index in [9.17, 15) is 18.7 Å². The number of hydrogen-bond acceptors (Lipinski definition) is 2. The van der Waals surface area contributed by atoms with Crippen molar-refractivity contribution in [3.05, 3.63) is 46.2 Å². The molecule has 0 amide bonds. The minimum atomic E-state index is -1.25. The van der Waals surface area contributed by atoms with Gasteiger partial charge in [0.25, 0.3) is 0 Å². The van der Waals surface area contributed by atoms with Crippen LogP contribution in [0.1, 0.15) is 36.8 Å². The first-order chi connectivity index (χ1) is 9.62. The van der Waals surface area contributed by atoms with E-state index in [1.165, 1.54) is 0 Å². The number of aromatic carboxylic acids is 1. The van der Waals surface area contributed by atoms with E-state index in [1.54, 1.807) is 20.8 Å². The lowest BCUT2D eigenvalue weighted by atomic mass is 9.89. The Labute approximate surface area is 125 Å². The molecular formula is C14H13ClF2N2O2. The fourth-order valence-electron chi connectivity index (χ4n) is 1.92. The molecule has 0 unspecified atom stereocenters. The largest absolute Gasteiger partial charge is 0.478 e. The number of benzene rings is 1. The molecule has 0 fully saturated rings. The molecule has 7 heteroatoms. The molecule has 0 radical (unpaired) electrons. The van der Waals surface area contributed by atoms with Crippen molar-refractivity contribution in [1.29, 1.82) is 0 Å². The van der Waals surface area contributed by atoms with Gasteiger partial charge in [-0.3, -0.25) is 0 Å². The number of aromatic nitrogens is 2. The molecular weight excluding hydrogens is 302 g/mol. The highest BCUT2D eigenvalue weighted by Crippen LogP contribution is 2.32. The van der Waals surface area contributed by atoms with Gasteiger partial charge in [0.05, 0.1) is 5.69 Å². The smallest absolute Gasteiger partial charge is 0.340 e. The van der Waals surface area contributed by atoms with Crippen molar-refractivity contribution < 1.29 is 18.7 Å². The van der Waals surface area contributed by atoms with Crippen molar-refractivity contribution in [2.45, 2.75) is 26.2 Å². The topological polar surface area (TPSA) is 55.1 Å². The van der Waals surface area contributed by atoms with Crippen LogP contribution in [0, 0.1) is 11.6 Å². The summed E-state index contributed by atoms with van der Waals surface area (Å²) in [5.41, 5.74) is -0.671. The minimum Gasteiger partial charge on any atom is -0.478 e. The molecule has 4 nitrogen and oxygen atoms in total. The van der Waals surface area contributed by atoms with Crippen LogP contribution in [-0.4, -0.2) is 20.9 Å². The van der Waals surface area contributed by atoms with Gasteiger partial charge in [-0.05, 0) is 12.1 Å². The van der Waals surface area contributed by atoms with E-state index < -0.39 is 23.0 Å². The van der Waals surface area contributed by atoms with Crippen LogP contribution in [0.5, 0.6) is 0 Å². The van der Waals surface area contributed by atoms with E-state index in [2.05, 4.69) is 5.10 Å². The summed E-state index contributed by atoms with van der Waals surface area (Å²) in [5.74, 6) is -2.87.